The van der Waals surface area contributed by atoms with Crippen molar-refractivity contribution in [1.82, 2.24) is 9.80 Å². The summed E-state index contributed by atoms with van der Waals surface area (Å²) >= 11 is 0. The van der Waals surface area contributed by atoms with Crippen LogP contribution in [0.4, 0.5) is 0 Å². The van der Waals surface area contributed by atoms with Crippen molar-refractivity contribution in [2.75, 3.05) is 27.2 Å². The first-order chi connectivity index (χ1) is 11.2. The van der Waals surface area contributed by atoms with Crippen molar-refractivity contribution in [2.24, 2.45) is 11.8 Å². The highest BCUT2D eigenvalue weighted by molar-refractivity contribution is 5.82. The third-order valence-electron chi connectivity index (χ3n) is 4.68. The van der Waals surface area contributed by atoms with E-state index in [9.17, 15) is 29.8 Å². The molecule has 0 unspecified atom stereocenters. The molecule has 0 N–H and O–H groups in total. The molecule has 0 aromatic heterocycles. The summed E-state index contributed by atoms with van der Waals surface area (Å²) in [6.07, 6.45) is 1.96. The Hall–Kier alpha value is -2.26. The van der Waals surface area contributed by atoms with Crippen LogP contribution in [0.1, 0.15) is 25.7 Å². The molecule has 0 saturated heterocycles. The predicted molar refractivity (Wildman–Crippen MR) is 82.3 cm³/mol. The molecule has 2 aliphatic rings. The van der Waals surface area contributed by atoms with Gasteiger partial charge in [-0.2, -0.15) is 0 Å². The largest absolute Gasteiger partial charge is 0.345 e. The molecule has 2 saturated carbocycles. The zero-order valence-electron chi connectivity index (χ0n) is 13.8. The molecule has 134 valence electrons. The second-order valence-corrected chi connectivity index (χ2v) is 6.62. The average Bonchev–Trinajstić information content (AvgIpc) is 3.40. The molecule has 0 aromatic rings. The average molecular weight is 342 g/mol. The Labute approximate surface area is 139 Å². The highest BCUT2D eigenvalue weighted by Crippen LogP contribution is 2.35. The summed E-state index contributed by atoms with van der Waals surface area (Å²) in [4.78, 5) is 47.2. The molecule has 2 fully saturated rings. The number of rotatable bonds is 9. The Balaban J connectivity index is 1.61. The zero-order chi connectivity index (χ0) is 18.0. The van der Waals surface area contributed by atoms with Crippen LogP contribution in [0.15, 0.2) is 0 Å². The number of hydrogen-bond donors (Lipinski definition) is 0. The fraction of sp³-hybridized carbons (Fsp3) is 0.857. The van der Waals surface area contributed by atoms with Gasteiger partial charge in [0.1, 0.15) is 11.8 Å². The standard InChI is InChI=1S/C14H22N4O6/c1-15(13(19)9-7-11(9)17(21)22)5-3-4-6-16(2)14(20)10-8-12(10)18(23)24/h9-12H,3-8H2,1-2H3/t9-,10-,11-,12+/m1/s1. The number of hydrogen-bond acceptors (Lipinski definition) is 6. The van der Waals surface area contributed by atoms with Gasteiger partial charge in [-0.25, -0.2) is 0 Å². The molecule has 4 atom stereocenters. The molecule has 0 aliphatic heterocycles. The van der Waals surface area contributed by atoms with Gasteiger partial charge in [-0.05, 0) is 12.8 Å². The maximum Gasteiger partial charge on any atom is 0.232 e. The third kappa shape index (κ3) is 4.18. The summed E-state index contributed by atoms with van der Waals surface area (Å²) in [6, 6.07) is -1.48. The van der Waals surface area contributed by atoms with E-state index >= 15 is 0 Å². The lowest BCUT2D eigenvalue weighted by Gasteiger charge is -2.19. The lowest BCUT2D eigenvalue weighted by atomic mass is 10.2. The van der Waals surface area contributed by atoms with Crippen molar-refractivity contribution in [3.05, 3.63) is 20.2 Å². The predicted octanol–water partition coefficient (Wildman–Crippen LogP) is 0.0138. The molecule has 24 heavy (non-hydrogen) atoms. The van der Waals surface area contributed by atoms with E-state index in [4.69, 9.17) is 0 Å². The van der Waals surface area contributed by atoms with E-state index in [1.165, 1.54) is 9.80 Å². The van der Waals surface area contributed by atoms with Gasteiger partial charge in [-0.3, -0.25) is 29.8 Å². The first-order valence-corrected chi connectivity index (χ1v) is 8.01. The minimum atomic E-state index is -0.739. The molecule has 0 radical (unpaired) electrons. The van der Waals surface area contributed by atoms with Crippen molar-refractivity contribution in [3.8, 4) is 0 Å². The zero-order valence-corrected chi connectivity index (χ0v) is 13.8. The number of carbonyl (C=O) groups excluding carboxylic acids is 2. The number of unbranched alkanes of at least 4 members (excludes halogenated alkanes) is 1. The maximum atomic E-state index is 11.9. The summed E-state index contributed by atoms with van der Waals surface area (Å²) < 4.78 is 0. The van der Waals surface area contributed by atoms with Crippen LogP contribution < -0.4 is 0 Å². The van der Waals surface area contributed by atoms with Gasteiger partial charge < -0.3 is 9.80 Å². The van der Waals surface area contributed by atoms with Crippen LogP contribution in [0, 0.1) is 32.1 Å². The minimum absolute atomic E-state index is 0.201. The monoisotopic (exact) mass is 342 g/mol. The lowest BCUT2D eigenvalue weighted by molar-refractivity contribution is -0.497. The number of amides is 2. The van der Waals surface area contributed by atoms with E-state index in [0.717, 1.165) is 0 Å². The van der Waals surface area contributed by atoms with Gasteiger partial charge in [0.05, 0.1) is 0 Å². The van der Waals surface area contributed by atoms with Crippen molar-refractivity contribution in [1.29, 1.82) is 0 Å². The van der Waals surface area contributed by atoms with E-state index in [0.29, 0.717) is 38.8 Å². The minimum Gasteiger partial charge on any atom is -0.345 e. The van der Waals surface area contributed by atoms with E-state index in [-0.39, 0.29) is 11.8 Å². The topological polar surface area (TPSA) is 127 Å². The molecule has 2 amide bonds. The molecule has 0 spiro atoms. The van der Waals surface area contributed by atoms with Crippen molar-refractivity contribution in [2.45, 2.75) is 37.8 Å². The number of nitro groups is 2. The van der Waals surface area contributed by atoms with E-state index in [2.05, 4.69) is 0 Å². The molecule has 0 bridgehead atoms. The first kappa shape index (κ1) is 18.1. The molecular formula is C14H22N4O6. The molecule has 10 heteroatoms. The van der Waals surface area contributed by atoms with Gasteiger partial charge >= 0.3 is 0 Å². The summed E-state index contributed by atoms with van der Waals surface area (Å²) in [5.74, 6) is -1.40. The fourth-order valence-corrected chi connectivity index (χ4v) is 2.84. The van der Waals surface area contributed by atoms with Gasteiger partial charge in [0.15, 0.2) is 0 Å². The van der Waals surface area contributed by atoms with Crippen molar-refractivity contribution in [3.63, 3.8) is 0 Å². The third-order valence-corrected chi connectivity index (χ3v) is 4.68. The number of nitrogens with zero attached hydrogens (tertiary/aromatic N) is 4. The Morgan fingerprint density at radius 1 is 0.875 bits per heavy atom. The summed E-state index contributed by atoms with van der Waals surface area (Å²) in [7, 11) is 3.25. The van der Waals surface area contributed by atoms with Crippen molar-refractivity contribution < 1.29 is 19.4 Å². The molecule has 0 aromatic carbocycles. The second-order valence-electron chi connectivity index (χ2n) is 6.62. The van der Waals surface area contributed by atoms with E-state index in [1.807, 2.05) is 0 Å². The van der Waals surface area contributed by atoms with Crippen molar-refractivity contribution >= 4 is 11.8 Å². The summed E-state index contributed by atoms with van der Waals surface area (Å²) in [5.41, 5.74) is 0. The Morgan fingerprint density at radius 3 is 1.46 bits per heavy atom. The van der Waals surface area contributed by atoms with Crippen LogP contribution in [0.3, 0.4) is 0 Å². The van der Waals surface area contributed by atoms with Crippen LogP contribution in [-0.4, -0.2) is 70.7 Å². The Bertz CT molecular complexity index is 505. The SMILES string of the molecule is CN(CCCCN(C)C(=O)[C@@H]1C[C@@H]1[N+](=O)[O-])C(=O)[C@@H]1C[C@H]1[N+](=O)[O-]. The van der Waals surface area contributed by atoms with Gasteiger partial charge in [0.2, 0.25) is 23.9 Å². The highest BCUT2D eigenvalue weighted by atomic mass is 16.6. The van der Waals surface area contributed by atoms with Gasteiger partial charge in [-0.1, -0.05) is 0 Å². The van der Waals surface area contributed by atoms with Crippen LogP contribution in [0.2, 0.25) is 0 Å². The number of carbonyl (C=O) groups is 2. The summed E-state index contributed by atoms with van der Waals surface area (Å²) in [6.45, 7) is 0.950. The van der Waals surface area contributed by atoms with E-state index in [1.54, 1.807) is 14.1 Å². The molecule has 0 heterocycles. The van der Waals surface area contributed by atoms with Crippen LogP contribution >= 0.6 is 0 Å². The molecular weight excluding hydrogens is 320 g/mol. The van der Waals surface area contributed by atoms with Gasteiger partial charge in [0.25, 0.3) is 0 Å². The smallest absolute Gasteiger partial charge is 0.232 e. The van der Waals surface area contributed by atoms with Crippen LogP contribution in [-0.2, 0) is 9.59 Å². The Morgan fingerprint density at radius 2 is 1.21 bits per heavy atom. The van der Waals surface area contributed by atoms with Crippen LogP contribution in [0.5, 0.6) is 0 Å². The van der Waals surface area contributed by atoms with Crippen LogP contribution in [0.25, 0.3) is 0 Å². The highest BCUT2D eigenvalue weighted by Gasteiger charge is 2.54. The van der Waals surface area contributed by atoms with Gasteiger partial charge in [0, 0.05) is 49.9 Å². The maximum absolute atomic E-state index is 11.9. The molecule has 2 aliphatic carbocycles. The quantitative estimate of drug-likeness (QED) is 0.330. The fourth-order valence-electron chi connectivity index (χ4n) is 2.84. The van der Waals surface area contributed by atoms with E-state index < -0.39 is 33.8 Å². The first-order valence-electron chi connectivity index (χ1n) is 8.01. The molecule has 2 rings (SSSR count). The molecule has 10 nitrogen and oxygen atoms in total. The lowest BCUT2D eigenvalue weighted by Crippen LogP contribution is -2.33. The normalized spacial score (nSPS) is 27.2. The second kappa shape index (κ2) is 7.10. The van der Waals surface area contributed by atoms with Gasteiger partial charge in [-0.15, -0.1) is 0 Å². The summed E-state index contributed by atoms with van der Waals surface area (Å²) in [5, 5.41) is 21.2. The Kier molecular flexibility index (Phi) is 5.35.